The predicted molar refractivity (Wildman–Crippen MR) is 134 cm³/mol. The van der Waals surface area contributed by atoms with Gasteiger partial charge >= 0.3 is 0 Å². The molecule has 1 saturated carbocycles. The van der Waals surface area contributed by atoms with Gasteiger partial charge in [0.05, 0.1) is 17.8 Å². The van der Waals surface area contributed by atoms with E-state index in [4.69, 9.17) is 0 Å². The number of carbonyl (C=O) groups is 1. The first-order chi connectivity index (χ1) is 17.5. The molecule has 0 bridgehead atoms. The SMILES string of the molecule is C/C(OF)=C1\C(=O)Nc2cc(O)c(-c3ccc(N4CCC(OF)C4)cc3)cc21.C1=CC(C2CC2)=NC1. The smallest absolute Gasteiger partial charge is 0.259 e. The number of nitrogens with one attached hydrogen (secondary N) is 1. The second kappa shape index (κ2) is 10.1. The molecule has 36 heavy (non-hydrogen) atoms. The third kappa shape index (κ3) is 4.83. The molecule has 188 valence electrons. The number of hydrogen-bond donors (Lipinski definition) is 2. The van der Waals surface area contributed by atoms with Gasteiger partial charge in [0, 0.05) is 52.1 Å². The lowest BCUT2D eigenvalue weighted by atomic mass is 9.97. The second-order valence-electron chi connectivity index (χ2n) is 9.31. The van der Waals surface area contributed by atoms with E-state index in [2.05, 4.69) is 32.3 Å². The van der Waals surface area contributed by atoms with Crippen LogP contribution in [-0.4, -0.2) is 42.5 Å². The molecule has 1 unspecified atom stereocenters. The van der Waals surface area contributed by atoms with Gasteiger partial charge in [-0.15, -0.1) is 0 Å². The van der Waals surface area contributed by atoms with Gasteiger partial charge in [0.2, 0.25) is 0 Å². The number of phenolic OH excluding ortho intramolecular Hbond substituents is 1. The van der Waals surface area contributed by atoms with Gasteiger partial charge in [-0.25, -0.2) is 0 Å². The molecule has 6 rings (SSSR count). The van der Waals surface area contributed by atoms with E-state index in [9.17, 15) is 19.0 Å². The Morgan fingerprint density at radius 3 is 2.53 bits per heavy atom. The van der Waals surface area contributed by atoms with Crippen LogP contribution >= 0.6 is 0 Å². The van der Waals surface area contributed by atoms with Crippen molar-refractivity contribution >= 4 is 28.6 Å². The van der Waals surface area contributed by atoms with E-state index in [0.717, 1.165) is 23.7 Å². The molecule has 0 radical (unpaired) electrons. The number of nitrogens with zero attached hydrogens (tertiary/aromatic N) is 2. The van der Waals surface area contributed by atoms with Gasteiger partial charge in [0.1, 0.15) is 11.9 Å². The van der Waals surface area contributed by atoms with E-state index in [1.54, 1.807) is 6.07 Å². The molecular formula is C27H27F2N3O4. The first-order valence-corrected chi connectivity index (χ1v) is 12.0. The number of hydrogen-bond acceptors (Lipinski definition) is 6. The zero-order chi connectivity index (χ0) is 25.2. The summed E-state index contributed by atoms with van der Waals surface area (Å²) in [5.41, 5.74) is 4.43. The summed E-state index contributed by atoms with van der Waals surface area (Å²) in [7, 11) is 0. The average Bonchev–Trinajstić information content (AvgIpc) is 3.28. The number of halogens is 2. The van der Waals surface area contributed by atoms with Crippen molar-refractivity contribution in [2.75, 3.05) is 29.9 Å². The summed E-state index contributed by atoms with van der Waals surface area (Å²) in [5.74, 6) is 0.199. The molecule has 2 fully saturated rings. The van der Waals surface area contributed by atoms with Gasteiger partial charge in [0.25, 0.3) is 5.91 Å². The van der Waals surface area contributed by atoms with Crippen molar-refractivity contribution in [3.63, 3.8) is 0 Å². The standard InChI is InChI=1S/C20H18F2N2O4.C7H9N/c1-11(27-21)19-16-8-15(18(25)9-17(16)23-20(19)26)12-2-4-13(5-3-12)24-7-6-14(10-24)28-22;1-2-7(8-5-1)6-3-4-6/h2-5,8-9,14,25H,6-7,10H2,1H3,(H,23,26);1-2,6H,3-5H2/b19-11+;. The summed E-state index contributed by atoms with van der Waals surface area (Å²) in [5, 5.41) is 13.0. The second-order valence-corrected chi connectivity index (χ2v) is 9.31. The highest BCUT2D eigenvalue weighted by Gasteiger charge is 2.30. The number of allylic oxidation sites excluding steroid dienone is 2. The Morgan fingerprint density at radius 1 is 1.14 bits per heavy atom. The highest BCUT2D eigenvalue weighted by molar-refractivity contribution is 6.32. The molecule has 2 N–H and O–H groups in total. The Bertz CT molecular complexity index is 1250. The number of benzene rings is 2. The van der Waals surface area contributed by atoms with Crippen LogP contribution in [-0.2, 0) is 14.7 Å². The Hall–Kier alpha value is -3.72. The van der Waals surface area contributed by atoms with Crippen LogP contribution in [0.3, 0.4) is 0 Å². The minimum atomic E-state index is -0.490. The van der Waals surface area contributed by atoms with E-state index in [-0.39, 0.29) is 17.1 Å². The van der Waals surface area contributed by atoms with Crippen molar-refractivity contribution in [3.05, 3.63) is 59.9 Å². The van der Waals surface area contributed by atoms with Crippen molar-refractivity contribution in [1.82, 2.24) is 0 Å². The van der Waals surface area contributed by atoms with Crippen LogP contribution in [0.25, 0.3) is 16.7 Å². The lowest BCUT2D eigenvalue weighted by Crippen LogP contribution is -2.21. The van der Waals surface area contributed by atoms with Crippen LogP contribution in [0.15, 0.2) is 59.3 Å². The minimum absolute atomic E-state index is 0.0149. The minimum Gasteiger partial charge on any atom is -0.507 e. The average molecular weight is 496 g/mol. The molecule has 9 heteroatoms. The number of anilines is 2. The summed E-state index contributed by atoms with van der Waals surface area (Å²) in [6, 6.07) is 10.5. The van der Waals surface area contributed by atoms with E-state index in [1.165, 1.54) is 31.5 Å². The lowest BCUT2D eigenvalue weighted by molar-refractivity contribution is -0.170. The molecule has 3 heterocycles. The normalized spacial score (nSPS) is 21.5. The number of aromatic hydroxyl groups is 1. The Balaban J connectivity index is 0.000000280. The molecule has 1 saturated heterocycles. The Morgan fingerprint density at radius 2 is 1.92 bits per heavy atom. The first kappa shape index (κ1) is 24.0. The lowest BCUT2D eigenvalue weighted by Gasteiger charge is -2.18. The van der Waals surface area contributed by atoms with E-state index < -0.39 is 12.0 Å². The summed E-state index contributed by atoms with van der Waals surface area (Å²) >= 11 is 0. The van der Waals surface area contributed by atoms with Crippen LogP contribution in [0.1, 0.15) is 31.7 Å². The zero-order valence-electron chi connectivity index (χ0n) is 19.8. The van der Waals surface area contributed by atoms with Crippen molar-refractivity contribution in [2.45, 2.75) is 32.3 Å². The number of amides is 1. The first-order valence-electron chi connectivity index (χ1n) is 12.0. The van der Waals surface area contributed by atoms with Gasteiger partial charge in [-0.1, -0.05) is 18.2 Å². The van der Waals surface area contributed by atoms with Crippen molar-refractivity contribution in [2.24, 2.45) is 10.9 Å². The number of fused-ring (bicyclic) bond motifs is 1. The fraction of sp³-hybridized carbons (Fsp3) is 0.333. The van der Waals surface area contributed by atoms with E-state index in [0.29, 0.717) is 36.3 Å². The van der Waals surface area contributed by atoms with E-state index in [1.807, 2.05) is 29.2 Å². The molecule has 4 aliphatic rings. The molecule has 2 aromatic rings. The number of phenols is 1. The van der Waals surface area contributed by atoms with Crippen molar-refractivity contribution in [3.8, 4) is 16.9 Å². The highest BCUT2D eigenvalue weighted by atomic mass is 19.3. The fourth-order valence-corrected chi connectivity index (χ4v) is 4.74. The third-order valence-corrected chi connectivity index (χ3v) is 6.83. The topological polar surface area (TPSA) is 83.4 Å². The Kier molecular flexibility index (Phi) is 6.73. The molecule has 0 spiro atoms. The molecule has 2 aromatic carbocycles. The van der Waals surface area contributed by atoms with Crippen molar-refractivity contribution < 1.29 is 28.8 Å². The third-order valence-electron chi connectivity index (χ3n) is 6.83. The highest BCUT2D eigenvalue weighted by Crippen LogP contribution is 2.42. The Labute approximate surface area is 207 Å². The summed E-state index contributed by atoms with van der Waals surface area (Å²) in [4.78, 5) is 26.1. The van der Waals surface area contributed by atoms with Gasteiger partial charge in [0.15, 0.2) is 5.76 Å². The molecular weight excluding hydrogens is 468 g/mol. The van der Waals surface area contributed by atoms with Crippen LogP contribution in [0.4, 0.5) is 20.4 Å². The summed E-state index contributed by atoms with van der Waals surface area (Å²) in [6.07, 6.45) is 7.25. The quantitative estimate of drug-likeness (QED) is 0.421. The van der Waals surface area contributed by atoms with E-state index >= 15 is 0 Å². The van der Waals surface area contributed by atoms with Gasteiger partial charge in [-0.2, -0.15) is 4.94 Å². The maximum atomic E-state index is 12.6. The molecule has 1 aliphatic carbocycles. The number of carbonyl (C=O) groups excluding carboxylic acids is 1. The maximum absolute atomic E-state index is 12.6. The van der Waals surface area contributed by atoms with Crippen LogP contribution < -0.4 is 10.2 Å². The number of aliphatic imine (C=N–C) groups is 1. The molecule has 3 aliphatic heterocycles. The zero-order valence-corrected chi connectivity index (χ0v) is 19.8. The van der Waals surface area contributed by atoms with Crippen LogP contribution in [0.5, 0.6) is 5.75 Å². The van der Waals surface area contributed by atoms with Gasteiger partial charge in [-0.05, 0) is 60.6 Å². The summed E-state index contributed by atoms with van der Waals surface area (Å²) in [6.45, 7) is 3.47. The van der Waals surface area contributed by atoms with Gasteiger partial charge in [-0.3, -0.25) is 14.7 Å². The van der Waals surface area contributed by atoms with Crippen LogP contribution in [0.2, 0.25) is 0 Å². The number of rotatable bonds is 5. The molecule has 7 nitrogen and oxygen atoms in total. The predicted octanol–water partition coefficient (Wildman–Crippen LogP) is 5.53. The molecule has 1 atom stereocenters. The van der Waals surface area contributed by atoms with Gasteiger partial charge < -0.3 is 15.3 Å². The summed E-state index contributed by atoms with van der Waals surface area (Å²) < 4.78 is 25.0. The molecule has 1 amide bonds. The molecule has 0 aromatic heterocycles. The largest absolute Gasteiger partial charge is 0.507 e. The van der Waals surface area contributed by atoms with Crippen molar-refractivity contribution in [1.29, 1.82) is 0 Å². The monoisotopic (exact) mass is 495 g/mol. The maximum Gasteiger partial charge on any atom is 0.259 e. The fourth-order valence-electron chi connectivity index (χ4n) is 4.74. The van der Waals surface area contributed by atoms with Crippen LogP contribution in [0, 0.1) is 5.92 Å².